The molecule has 29 heavy (non-hydrogen) atoms. The predicted octanol–water partition coefficient (Wildman–Crippen LogP) is 4.08. The van der Waals surface area contributed by atoms with Gasteiger partial charge in [0, 0.05) is 23.9 Å². The molecule has 1 aliphatic heterocycles. The van der Waals surface area contributed by atoms with Crippen LogP contribution in [0.1, 0.15) is 39.4 Å². The number of aryl methyl sites for hydroxylation is 2. The van der Waals surface area contributed by atoms with E-state index in [9.17, 15) is 4.79 Å². The lowest BCUT2D eigenvalue weighted by atomic mass is 10.0. The summed E-state index contributed by atoms with van der Waals surface area (Å²) in [5, 5.41) is 5.46. The number of rotatable bonds is 3. The summed E-state index contributed by atoms with van der Waals surface area (Å²) in [6.07, 6.45) is 0.706. The maximum atomic E-state index is 13.5. The number of fused-ring (bicyclic) bond motifs is 2. The highest BCUT2D eigenvalue weighted by Crippen LogP contribution is 2.30. The van der Waals surface area contributed by atoms with Gasteiger partial charge < -0.3 is 9.32 Å². The van der Waals surface area contributed by atoms with Crippen molar-refractivity contribution in [2.75, 3.05) is 6.54 Å². The molecule has 6 nitrogen and oxygen atoms in total. The Kier molecular flexibility index (Phi) is 4.19. The lowest BCUT2D eigenvalue weighted by Gasteiger charge is -2.35. The van der Waals surface area contributed by atoms with Gasteiger partial charge in [0.25, 0.3) is 5.91 Å². The van der Waals surface area contributed by atoms with Crippen LogP contribution in [0, 0.1) is 13.8 Å². The minimum Gasteiger partial charge on any atom is -0.461 e. The summed E-state index contributed by atoms with van der Waals surface area (Å²) in [4.78, 5) is 20.1. The molecule has 1 atom stereocenters. The fourth-order valence-electron chi connectivity index (χ4n) is 4.14. The Balaban J connectivity index is 1.52. The van der Waals surface area contributed by atoms with E-state index in [-0.39, 0.29) is 11.9 Å². The fraction of sp³-hybridized carbons (Fsp3) is 0.261. The zero-order valence-corrected chi connectivity index (χ0v) is 16.5. The van der Waals surface area contributed by atoms with Gasteiger partial charge in [-0.05, 0) is 43.7 Å². The second-order valence-electron chi connectivity index (χ2n) is 7.55. The molecule has 3 heterocycles. The second kappa shape index (κ2) is 6.88. The van der Waals surface area contributed by atoms with E-state index < -0.39 is 0 Å². The van der Waals surface area contributed by atoms with Gasteiger partial charge >= 0.3 is 0 Å². The Morgan fingerprint density at radius 1 is 1.10 bits per heavy atom. The first-order valence-electron chi connectivity index (χ1n) is 9.85. The summed E-state index contributed by atoms with van der Waals surface area (Å²) >= 11 is 0. The van der Waals surface area contributed by atoms with Crippen molar-refractivity contribution in [1.82, 2.24) is 19.7 Å². The van der Waals surface area contributed by atoms with Gasteiger partial charge in [-0.1, -0.05) is 30.3 Å². The minimum atomic E-state index is -0.151. The van der Waals surface area contributed by atoms with Crippen LogP contribution in [-0.4, -0.2) is 32.1 Å². The van der Waals surface area contributed by atoms with Crippen molar-refractivity contribution in [3.63, 3.8) is 0 Å². The highest BCUT2D eigenvalue weighted by molar-refractivity contribution is 5.98. The predicted molar refractivity (Wildman–Crippen MR) is 110 cm³/mol. The molecule has 2 aromatic carbocycles. The third-order valence-corrected chi connectivity index (χ3v) is 5.45. The molecule has 0 saturated heterocycles. The number of amides is 1. The van der Waals surface area contributed by atoms with Crippen molar-refractivity contribution < 1.29 is 9.21 Å². The van der Waals surface area contributed by atoms with Crippen molar-refractivity contribution in [3.8, 4) is 0 Å². The van der Waals surface area contributed by atoms with Crippen molar-refractivity contribution in [1.29, 1.82) is 0 Å². The van der Waals surface area contributed by atoms with Gasteiger partial charge in [0.15, 0.2) is 0 Å². The zero-order chi connectivity index (χ0) is 20.0. The molecule has 0 saturated carbocycles. The maximum absolute atomic E-state index is 13.5. The molecular weight excluding hydrogens is 364 g/mol. The number of carbonyl (C=O) groups excluding carboxylic acids is 1. The average Bonchev–Trinajstić information content (AvgIpc) is 3.28. The standard InChI is InChI=1S/C23H22N4O2/c1-15-12-19-14-18(8-9-21(19)29-15)23(28)26-10-11-27-22(24-16(2)25-27)20(26)13-17-6-4-3-5-7-17/h3-9,12,14,20H,10-11,13H2,1-2H3/t20-/m0/s1. The van der Waals surface area contributed by atoms with Gasteiger partial charge in [0.1, 0.15) is 23.0 Å². The number of benzene rings is 2. The first kappa shape index (κ1) is 17.7. The number of furan rings is 1. The fourth-order valence-corrected chi connectivity index (χ4v) is 4.14. The summed E-state index contributed by atoms with van der Waals surface area (Å²) in [7, 11) is 0. The van der Waals surface area contributed by atoms with E-state index >= 15 is 0 Å². The summed E-state index contributed by atoms with van der Waals surface area (Å²) < 4.78 is 7.59. The number of aromatic nitrogens is 3. The minimum absolute atomic E-state index is 0.0126. The van der Waals surface area contributed by atoms with Crippen LogP contribution in [0.25, 0.3) is 11.0 Å². The third-order valence-electron chi connectivity index (χ3n) is 5.45. The van der Waals surface area contributed by atoms with Crippen LogP contribution in [0.3, 0.4) is 0 Å². The molecule has 1 amide bonds. The summed E-state index contributed by atoms with van der Waals surface area (Å²) in [5.74, 6) is 2.44. The number of carbonyl (C=O) groups is 1. The Hall–Kier alpha value is -3.41. The van der Waals surface area contributed by atoms with E-state index in [4.69, 9.17) is 4.42 Å². The number of nitrogens with zero attached hydrogens (tertiary/aromatic N) is 4. The summed E-state index contributed by atoms with van der Waals surface area (Å²) in [5.41, 5.74) is 2.64. The van der Waals surface area contributed by atoms with Crippen LogP contribution in [0.15, 0.2) is 59.0 Å². The Labute approximate surface area is 168 Å². The molecule has 0 N–H and O–H groups in total. The molecule has 2 aromatic heterocycles. The molecule has 6 heteroatoms. The molecule has 0 spiro atoms. The van der Waals surface area contributed by atoms with Gasteiger partial charge in [-0.2, -0.15) is 5.10 Å². The summed E-state index contributed by atoms with van der Waals surface area (Å²) in [6, 6.07) is 17.7. The Morgan fingerprint density at radius 2 is 1.93 bits per heavy atom. The van der Waals surface area contributed by atoms with Gasteiger partial charge in [-0.25, -0.2) is 9.67 Å². The van der Waals surface area contributed by atoms with Crippen LogP contribution in [-0.2, 0) is 13.0 Å². The highest BCUT2D eigenvalue weighted by atomic mass is 16.3. The topological polar surface area (TPSA) is 64.2 Å². The molecular formula is C23H22N4O2. The number of hydrogen-bond acceptors (Lipinski definition) is 4. The van der Waals surface area contributed by atoms with E-state index in [0.717, 1.165) is 28.4 Å². The molecule has 1 aliphatic rings. The highest BCUT2D eigenvalue weighted by Gasteiger charge is 2.34. The van der Waals surface area contributed by atoms with Crippen LogP contribution >= 0.6 is 0 Å². The van der Waals surface area contributed by atoms with Gasteiger partial charge in [-0.3, -0.25) is 4.79 Å². The van der Waals surface area contributed by atoms with E-state index in [2.05, 4.69) is 22.2 Å². The van der Waals surface area contributed by atoms with Crippen LogP contribution in [0.4, 0.5) is 0 Å². The third kappa shape index (κ3) is 3.20. The molecule has 146 valence electrons. The monoisotopic (exact) mass is 386 g/mol. The average molecular weight is 386 g/mol. The smallest absolute Gasteiger partial charge is 0.254 e. The van der Waals surface area contributed by atoms with E-state index in [0.29, 0.717) is 25.1 Å². The van der Waals surface area contributed by atoms with Gasteiger partial charge in [0.05, 0.1) is 12.6 Å². The lowest BCUT2D eigenvalue weighted by molar-refractivity contribution is 0.0608. The Morgan fingerprint density at radius 3 is 2.76 bits per heavy atom. The maximum Gasteiger partial charge on any atom is 0.254 e. The molecule has 0 radical (unpaired) electrons. The molecule has 0 fully saturated rings. The molecule has 0 unspecified atom stereocenters. The number of hydrogen-bond donors (Lipinski definition) is 0. The van der Waals surface area contributed by atoms with E-state index in [1.165, 1.54) is 5.56 Å². The normalized spacial score (nSPS) is 16.2. The van der Waals surface area contributed by atoms with Crippen molar-refractivity contribution in [3.05, 3.63) is 83.1 Å². The van der Waals surface area contributed by atoms with Crippen molar-refractivity contribution in [2.45, 2.75) is 32.9 Å². The van der Waals surface area contributed by atoms with E-state index in [1.807, 2.05) is 65.9 Å². The molecule has 0 aliphatic carbocycles. The van der Waals surface area contributed by atoms with E-state index in [1.54, 1.807) is 0 Å². The van der Waals surface area contributed by atoms with Gasteiger partial charge in [-0.15, -0.1) is 0 Å². The lowest BCUT2D eigenvalue weighted by Crippen LogP contribution is -2.43. The molecule has 0 bridgehead atoms. The SMILES string of the molecule is Cc1nc2n(n1)CCN(C(=O)c1ccc3oc(C)cc3c1)[C@H]2Cc1ccccc1. The first-order valence-corrected chi connectivity index (χ1v) is 9.85. The second-order valence-corrected chi connectivity index (χ2v) is 7.55. The van der Waals surface area contributed by atoms with Gasteiger partial charge in [0.2, 0.25) is 0 Å². The van der Waals surface area contributed by atoms with Crippen molar-refractivity contribution in [2.24, 2.45) is 0 Å². The largest absolute Gasteiger partial charge is 0.461 e. The van der Waals surface area contributed by atoms with Crippen LogP contribution in [0.2, 0.25) is 0 Å². The van der Waals surface area contributed by atoms with Crippen LogP contribution < -0.4 is 0 Å². The summed E-state index contributed by atoms with van der Waals surface area (Å²) in [6.45, 7) is 5.07. The Bertz CT molecular complexity index is 1190. The zero-order valence-electron chi connectivity index (χ0n) is 16.5. The van der Waals surface area contributed by atoms with Crippen molar-refractivity contribution >= 4 is 16.9 Å². The van der Waals surface area contributed by atoms with Crippen LogP contribution in [0.5, 0.6) is 0 Å². The first-order chi connectivity index (χ1) is 14.1. The molecule has 5 rings (SSSR count). The quantitative estimate of drug-likeness (QED) is 0.532. The molecule has 4 aromatic rings.